The fourth-order valence-electron chi connectivity index (χ4n) is 8.30. The van der Waals surface area contributed by atoms with Crippen LogP contribution in [-0.2, 0) is 34.1 Å². The van der Waals surface area contributed by atoms with Gasteiger partial charge in [-0.15, -0.1) is 0 Å². The predicted molar refractivity (Wildman–Crippen MR) is 277 cm³/mol. The SMILES string of the molecule is CC(C)(C)[Si](C)(C)O[C@@H]1CCN2C(=O)OC(=O)[C@H]12.CN(C(=O)[C@H]1NCC[C@H]1O[Si](C)(C)C(C)(C)C)c1ccc(F)c(Cl)c1.Cc1cc(C(F)(F)F)c(C#N)c(N2CC[C@@H](O)[C@H]2C(=O)N(C)c2ccc(F)c(Cl)c2)n1. The minimum Gasteiger partial charge on any atom is -0.412 e. The molecule has 15 nitrogen and oxygen atoms in total. The van der Waals surface area contributed by atoms with Crippen LogP contribution in [-0.4, -0.2) is 126 Å². The van der Waals surface area contributed by atoms with Crippen molar-refractivity contribution in [2.24, 2.45) is 0 Å². The number of nitriles is 1. The molecule has 4 aliphatic heterocycles. The topological polar surface area (TPSA) is 178 Å². The Kier molecular flexibility index (Phi) is 18.6. The van der Waals surface area contributed by atoms with Gasteiger partial charge in [-0.05, 0) is 111 Å². The number of anilines is 3. The van der Waals surface area contributed by atoms with Gasteiger partial charge in [0, 0.05) is 44.3 Å². The van der Waals surface area contributed by atoms with Gasteiger partial charge >= 0.3 is 18.2 Å². The zero-order valence-electron chi connectivity index (χ0n) is 43.9. The van der Waals surface area contributed by atoms with Crippen molar-refractivity contribution < 1.29 is 59.8 Å². The second-order valence-corrected chi connectivity index (χ2v) is 32.1. The summed E-state index contributed by atoms with van der Waals surface area (Å²) < 4.78 is 84.6. The van der Waals surface area contributed by atoms with Crippen LogP contribution in [0.4, 0.5) is 43.9 Å². The number of aryl methyl sites for hydroxylation is 1. The van der Waals surface area contributed by atoms with E-state index in [1.807, 2.05) is 0 Å². The molecule has 0 saturated carbocycles. The van der Waals surface area contributed by atoms with E-state index in [4.69, 9.17) is 32.1 Å². The Morgan fingerprint density at radius 3 is 1.81 bits per heavy atom. The molecule has 1 aromatic heterocycles. The van der Waals surface area contributed by atoms with Gasteiger partial charge in [0.05, 0.1) is 33.9 Å². The Balaban J connectivity index is 0.000000213. The number of hydrogen-bond donors (Lipinski definition) is 2. The number of carbonyl (C=O) groups is 4. The van der Waals surface area contributed by atoms with Crippen molar-refractivity contribution in [3.8, 4) is 6.07 Å². The standard InChI is InChI=1S/C20H17ClF4N4O2.C18H28ClFN2O2Si.C12H21NO4Si/c1-10-7-13(20(23,24)25)12(9-26)18(27-10)29-6-5-16(30)17(29)19(31)28(2)11-3-4-15(22)14(21)8-11;1-18(2,3)25(5,6)24-15-9-10-21-16(15)17(23)22(4)12-7-8-14(20)13(19)11-12;1-12(2,3)18(4,5)17-8-6-7-13-9(8)10(14)16-11(13)15/h3-4,7-8,16-17,30H,5-6H2,1-2H3;7-8,11,15-16,21H,9-10H2,1-6H3;8-9H,6-7H2,1-5H3/t16-,17+;15-,16+;8-,9+/m111/s1. The maximum Gasteiger partial charge on any atom is 0.418 e. The maximum atomic E-state index is 13.5. The fourth-order valence-corrected chi connectivity index (χ4v) is 11.4. The minimum absolute atomic E-state index is 0.00519. The number of nitrogens with one attached hydrogen (secondary N) is 1. The highest BCUT2D eigenvalue weighted by atomic mass is 35.5. The van der Waals surface area contributed by atoms with Crippen molar-refractivity contribution in [2.75, 3.05) is 48.4 Å². The number of cyclic esters (lactones) is 2. The Hall–Kier alpha value is -4.74. The molecule has 2 N–H and O–H groups in total. The zero-order chi connectivity index (χ0) is 55.8. The number of aliphatic hydroxyl groups is 1. The summed E-state index contributed by atoms with van der Waals surface area (Å²) in [5.74, 6) is -2.73. The first-order chi connectivity index (χ1) is 34.0. The van der Waals surface area contributed by atoms with E-state index < -0.39 is 87.8 Å². The molecule has 4 aliphatic rings. The fraction of sp³-hybridized carbons (Fsp3) is 0.560. The van der Waals surface area contributed by atoms with Crippen LogP contribution in [0.1, 0.15) is 77.6 Å². The van der Waals surface area contributed by atoms with Crippen molar-refractivity contribution in [2.45, 2.75) is 147 Å². The summed E-state index contributed by atoms with van der Waals surface area (Å²) in [4.78, 5) is 58.6. The van der Waals surface area contributed by atoms with Crippen molar-refractivity contribution in [1.29, 1.82) is 5.26 Å². The highest BCUT2D eigenvalue weighted by Gasteiger charge is 2.53. The van der Waals surface area contributed by atoms with E-state index in [0.29, 0.717) is 12.2 Å². The van der Waals surface area contributed by atoms with Gasteiger partial charge in [0.15, 0.2) is 22.7 Å². The molecule has 0 aliphatic carbocycles. The Morgan fingerprint density at radius 2 is 1.32 bits per heavy atom. The molecular formula is C50H66Cl2F5N7O8Si2. The number of aliphatic hydroxyl groups excluding tert-OH is 1. The van der Waals surface area contributed by atoms with Gasteiger partial charge in [0.2, 0.25) is 5.91 Å². The van der Waals surface area contributed by atoms with Crippen molar-refractivity contribution in [3.05, 3.63) is 81.0 Å². The van der Waals surface area contributed by atoms with E-state index in [-0.39, 0.29) is 68.4 Å². The van der Waals surface area contributed by atoms with Crippen LogP contribution in [0.3, 0.4) is 0 Å². The van der Waals surface area contributed by atoms with Gasteiger partial charge in [-0.25, -0.2) is 23.4 Å². The van der Waals surface area contributed by atoms with Crippen LogP contribution in [0.5, 0.6) is 0 Å². The molecule has 0 spiro atoms. The number of hydrogen-bond acceptors (Lipinski definition) is 12. The summed E-state index contributed by atoms with van der Waals surface area (Å²) in [5.41, 5.74) is -1.09. The molecule has 2 aromatic carbocycles. The van der Waals surface area contributed by atoms with E-state index >= 15 is 0 Å². The largest absolute Gasteiger partial charge is 0.418 e. The molecule has 5 heterocycles. The van der Waals surface area contributed by atoms with E-state index in [1.54, 1.807) is 13.1 Å². The average molecular weight is 1120 g/mol. The molecule has 0 bridgehead atoms. The Morgan fingerprint density at radius 1 is 0.824 bits per heavy atom. The number of ether oxygens (including phenoxy) is 1. The summed E-state index contributed by atoms with van der Waals surface area (Å²) in [6.45, 7) is 24.4. The van der Waals surface area contributed by atoms with Gasteiger partial charge in [0.1, 0.15) is 41.2 Å². The lowest BCUT2D eigenvalue weighted by Gasteiger charge is -2.39. The lowest BCUT2D eigenvalue weighted by Crippen LogP contribution is -2.52. The molecule has 4 saturated heterocycles. The molecule has 3 amide bonds. The molecule has 406 valence electrons. The van der Waals surface area contributed by atoms with Crippen LogP contribution in [0, 0.1) is 29.9 Å². The second-order valence-electron chi connectivity index (χ2n) is 21.8. The number of halogens is 7. The monoisotopic (exact) mass is 1110 g/mol. The third-order valence-electron chi connectivity index (χ3n) is 14.6. The molecule has 0 unspecified atom stereocenters. The third kappa shape index (κ3) is 13.3. The van der Waals surface area contributed by atoms with Crippen LogP contribution in [0.2, 0.25) is 46.3 Å². The summed E-state index contributed by atoms with van der Waals surface area (Å²) >= 11 is 11.6. The Labute approximate surface area is 441 Å². The highest BCUT2D eigenvalue weighted by molar-refractivity contribution is 6.74. The third-order valence-corrected chi connectivity index (χ3v) is 24.2. The van der Waals surface area contributed by atoms with E-state index in [0.717, 1.165) is 36.4 Å². The second kappa shape index (κ2) is 22.8. The van der Waals surface area contributed by atoms with Gasteiger partial charge < -0.3 is 38.7 Å². The van der Waals surface area contributed by atoms with Crippen molar-refractivity contribution >= 4 is 80.9 Å². The number of likely N-dealkylation sites (N-methyl/N-ethyl adjacent to an activating group) is 2. The summed E-state index contributed by atoms with van der Waals surface area (Å²) in [5, 5.41) is 23.1. The van der Waals surface area contributed by atoms with Crippen LogP contribution in [0.25, 0.3) is 0 Å². The number of carbonyl (C=O) groups excluding carboxylic acids is 4. The predicted octanol–water partition coefficient (Wildman–Crippen LogP) is 10.00. The quantitative estimate of drug-likeness (QED) is 0.0899. The molecule has 0 radical (unpaired) electrons. The first kappa shape index (κ1) is 60.1. The van der Waals surface area contributed by atoms with Gasteiger partial charge in [-0.1, -0.05) is 64.7 Å². The van der Waals surface area contributed by atoms with Gasteiger partial charge in [0.25, 0.3) is 5.91 Å². The smallest absolute Gasteiger partial charge is 0.412 e. The normalized spacial score (nSPS) is 22.1. The minimum atomic E-state index is -4.80. The van der Waals surface area contributed by atoms with Crippen molar-refractivity contribution in [3.63, 3.8) is 0 Å². The number of benzene rings is 2. The van der Waals surface area contributed by atoms with Crippen molar-refractivity contribution in [1.82, 2.24) is 15.2 Å². The number of nitrogens with zero attached hydrogens (tertiary/aromatic N) is 6. The molecule has 6 atom stereocenters. The lowest BCUT2D eigenvalue weighted by molar-refractivity contribution is -0.138. The summed E-state index contributed by atoms with van der Waals surface area (Å²) in [7, 11) is -0.855. The molecule has 74 heavy (non-hydrogen) atoms. The number of fused-ring (bicyclic) bond motifs is 1. The number of amides is 3. The first-order valence-corrected chi connectivity index (χ1v) is 30.6. The maximum absolute atomic E-state index is 13.5. The van der Waals surface area contributed by atoms with Crippen LogP contribution in [0.15, 0.2) is 42.5 Å². The lowest BCUT2D eigenvalue weighted by atomic mass is 10.1. The zero-order valence-corrected chi connectivity index (χ0v) is 47.4. The summed E-state index contributed by atoms with van der Waals surface area (Å²) in [6, 6.07) is 7.95. The number of pyridine rings is 1. The van der Waals surface area contributed by atoms with E-state index in [2.05, 4.69) is 82.8 Å². The van der Waals surface area contributed by atoms with Crippen LogP contribution < -0.4 is 20.0 Å². The summed E-state index contributed by atoms with van der Waals surface area (Å²) in [6.07, 6.45) is -5.28. The molecule has 7 rings (SSSR count). The number of rotatable bonds is 9. The average Bonchev–Trinajstić information content (AvgIpc) is 4.09. The molecule has 24 heteroatoms. The Bertz CT molecular complexity index is 2650. The molecule has 3 aromatic rings. The number of alkyl halides is 3. The molecular weight excluding hydrogens is 1050 g/mol. The highest BCUT2D eigenvalue weighted by Crippen LogP contribution is 2.42. The van der Waals surface area contributed by atoms with Crippen LogP contribution >= 0.6 is 23.2 Å². The van der Waals surface area contributed by atoms with E-state index in [9.17, 15) is 51.5 Å². The first-order valence-electron chi connectivity index (χ1n) is 24.0. The molecule has 4 fully saturated rings. The number of esters is 1. The van der Waals surface area contributed by atoms with E-state index in [1.165, 1.54) is 59.0 Å². The van der Waals surface area contributed by atoms with Gasteiger partial charge in [-0.2, -0.15) is 18.4 Å². The number of aromatic nitrogens is 1. The van der Waals surface area contributed by atoms with Gasteiger partial charge in [-0.3, -0.25) is 14.5 Å².